The molecule has 2 N–H and O–H groups in total. The van der Waals surface area contributed by atoms with Gasteiger partial charge in [-0.1, -0.05) is 23.7 Å². The average Bonchev–Trinajstić information content (AvgIpc) is 2.90. The Balaban J connectivity index is 1.89. The molecule has 0 aliphatic heterocycles. The first-order valence-corrected chi connectivity index (χ1v) is 7.45. The molecule has 106 valence electrons. The third-order valence-corrected chi connectivity index (χ3v) is 3.81. The largest absolute Gasteiger partial charge is 0.394 e. The van der Waals surface area contributed by atoms with Crippen LogP contribution in [0.1, 0.15) is 10.4 Å². The van der Waals surface area contributed by atoms with E-state index in [9.17, 15) is 9.90 Å². The number of aliphatic hydroxyl groups excluding tert-OH is 1. The first-order valence-electron chi connectivity index (χ1n) is 6.19. The minimum atomic E-state index is -0.290. The lowest BCUT2D eigenvalue weighted by Gasteiger charge is -2.15. The third-order valence-electron chi connectivity index (χ3n) is 2.77. The molecular formula is C14H15ClN2O2S. The highest BCUT2D eigenvalue weighted by Gasteiger charge is 2.13. The number of carbonyl (C=O) groups excluding carboxylic acids is 1. The molecule has 0 radical (unpaired) electrons. The number of nitrogens with one attached hydrogen (secondary N) is 1. The van der Waals surface area contributed by atoms with Gasteiger partial charge >= 0.3 is 0 Å². The summed E-state index contributed by atoms with van der Waals surface area (Å²) in [5.74, 6) is -0.129. The van der Waals surface area contributed by atoms with Crippen molar-refractivity contribution in [1.82, 2.24) is 10.3 Å². The number of benzene rings is 1. The molecule has 2 aromatic rings. The van der Waals surface area contributed by atoms with Gasteiger partial charge in [-0.25, -0.2) is 0 Å². The number of halogens is 1. The van der Waals surface area contributed by atoms with Crippen molar-refractivity contribution in [3.8, 4) is 0 Å². The molecule has 0 fully saturated rings. The molecule has 0 aliphatic rings. The SMILES string of the molecule is O=C(Cc1cccc(Cl)c1)NC(CO)Cc1cncs1. The van der Waals surface area contributed by atoms with Crippen molar-refractivity contribution >= 4 is 28.8 Å². The van der Waals surface area contributed by atoms with Crippen molar-refractivity contribution in [1.29, 1.82) is 0 Å². The molecule has 1 unspecified atom stereocenters. The van der Waals surface area contributed by atoms with Crippen LogP contribution in [0.25, 0.3) is 0 Å². The van der Waals surface area contributed by atoms with E-state index in [1.807, 2.05) is 12.1 Å². The topological polar surface area (TPSA) is 62.2 Å². The molecule has 4 nitrogen and oxygen atoms in total. The summed E-state index contributed by atoms with van der Waals surface area (Å²) in [6.07, 6.45) is 2.58. The quantitative estimate of drug-likeness (QED) is 0.858. The van der Waals surface area contributed by atoms with Gasteiger partial charge in [0.25, 0.3) is 0 Å². The first kappa shape index (κ1) is 15.0. The normalized spacial score (nSPS) is 12.1. The molecule has 2 rings (SSSR count). The fourth-order valence-corrected chi connectivity index (χ4v) is 2.75. The summed E-state index contributed by atoms with van der Waals surface area (Å²) >= 11 is 7.39. The van der Waals surface area contributed by atoms with E-state index in [4.69, 9.17) is 11.6 Å². The molecule has 1 amide bonds. The zero-order valence-corrected chi connectivity index (χ0v) is 12.3. The molecular weight excluding hydrogens is 296 g/mol. The van der Waals surface area contributed by atoms with Crippen molar-refractivity contribution in [2.45, 2.75) is 18.9 Å². The summed E-state index contributed by atoms with van der Waals surface area (Å²) in [4.78, 5) is 17.0. The van der Waals surface area contributed by atoms with E-state index in [0.29, 0.717) is 11.4 Å². The highest BCUT2D eigenvalue weighted by atomic mass is 35.5. The number of rotatable bonds is 6. The van der Waals surface area contributed by atoms with Crippen LogP contribution >= 0.6 is 22.9 Å². The third kappa shape index (κ3) is 4.59. The second-order valence-electron chi connectivity index (χ2n) is 4.43. The number of thiazole rings is 1. The summed E-state index contributed by atoms with van der Waals surface area (Å²) in [6.45, 7) is -0.0980. The summed E-state index contributed by atoms with van der Waals surface area (Å²) in [5.41, 5.74) is 2.59. The Morgan fingerprint density at radius 3 is 3.00 bits per heavy atom. The van der Waals surface area contributed by atoms with Crippen LogP contribution in [-0.4, -0.2) is 28.6 Å². The predicted octanol–water partition coefficient (Wildman–Crippen LogP) is 2.06. The van der Waals surface area contributed by atoms with Crippen molar-refractivity contribution in [3.63, 3.8) is 0 Å². The summed E-state index contributed by atoms with van der Waals surface area (Å²) in [5, 5.41) is 12.8. The number of nitrogens with zero attached hydrogens (tertiary/aromatic N) is 1. The van der Waals surface area contributed by atoms with E-state index < -0.39 is 0 Å². The average molecular weight is 311 g/mol. The summed E-state index contributed by atoms with van der Waals surface area (Å²) in [7, 11) is 0. The van der Waals surface area contributed by atoms with Crippen LogP contribution in [0.15, 0.2) is 36.0 Å². The van der Waals surface area contributed by atoms with Gasteiger partial charge in [0.2, 0.25) is 5.91 Å². The van der Waals surface area contributed by atoms with Gasteiger partial charge in [0.15, 0.2) is 0 Å². The Kier molecular flexibility index (Phi) is 5.52. The lowest BCUT2D eigenvalue weighted by Crippen LogP contribution is -2.39. The second-order valence-corrected chi connectivity index (χ2v) is 5.83. The Morgan fingerprint density at radius 1 is 1.50 bits per heavy atom. The highest BCUT2D eigenvalue weighted by Crippen LogP contribution is 2.12. The number of amides is 1. The number of hydrogen-bond acceptors (Lipinski definition) is 4. The van der Waals surface area contributed by atoms with Crippen LogP contribution in [-0.2, 0) is 17.6 Å². The molecule has 0 saturated heterocycles. The molecule has 1 aromatic carbocycles. The van der Waals surface area contributed by atoms with E-state index in [1.165, 1.54) is 11.3 Å². The molecule has 1 aromatic heterocycles. The summed E-state index contributed by atoms with van der Waals surface area (Å²) < 4.78 is 0. The smallest absolute Gasteiger partial charge is 0.224 e. The maximum Gasteiger partial charge on any atom is 0.224 e. The Morgan fingerprint density at radius 2 is 2.35 bits per heavy atom. The Hall–Kier alpha value is -1.43. The van der Waals surface area contributed by atoms with E-state index in [-0.39, 0.29) is 25.0 Å². The van der Waals surface area contributed by atoms with Crippen LogP contribution in [0.4, 0.5) is 0 Å². The molecule has 1 heterocycles. The molecule has 6 heteroatoms. The maximum atomic E-state index is 11.9. The number of aliphatic hydroxyl groups is 1. The summed E-state index contributed by atoms with van der Waals surface area (Å²) in [6, 6.07) is 6.90. The van der Waals surface area contributed by atoms with Crippen LogP contribution in [0.5, 0.6) is 0 Å². The minimum Gasteiger partial charge on any atom is -0.394 e. The van der Waals surface area contributed by atoms with Gasteiger partial charge in [-0.05, 0) is 17.7 Å². The first-order chi connectivity index (χ1) is 9.67. The number of carbonyl (C=O) groups is 1. The Labute approximate surface area is 126 Å². The van der Waals surface area contributed by atoms with Gasteiger partial charge < -0.3 is 10.4 Å². The fraction of sp³-hybridized carbons (Fsp3) is 0.286. The van der Waals surface area contributed by atoms with Crippen LogP contribution in [0, 0.1) is 0 Å². The molecule has 20 heavy (non-hydrogen) atoms. The van der Waals surface area contributed by atoms with Gasteiger partial charge in [-0.3, -0.25) is 9.78 Å². The zero-order chi connectivity index (χ0) is 14.4. The second kappa shape index (κ2) is 7.38. The molecule has 0 saturated carbocycles. The fourth-order valence-electron chi connectivity index (χ4n) is 1.86. The van der Waals surface area contributed by atoms with Crippen molar-refractivity contribution in [3.05, 3.63) is 51.4 Å². The van der Waals surface area contributed by atoms with Crippen molar-refractivity contribution in [2.75, 3.05) is 6.61 Å². The van der Waals surface area contributed by atoms with Crippen LogP contribution in [0.3, 0.4) is 0 Å². The lowest BCUT2D eigenvalue weighted by molar-refractivity contribution is -0.121. The van der Waals surface area contributed by atoms with E-state index in [2.05, 4.69) is 10.3 Å². The Bertz CT molecular complexity index is 560. The number of hydrogen-bond donors (Lipinski definition) is 2. The molecule has 0 aliphatic carbocycles. The molecule has 0 spiro atoms. The standard InChI is InChI=1S/C14H15ClN2O2S/c15-11-3-1-2-10(4-11)5-14(19)17-12(8-18)6-13-7-16-9-20-13/h1-4,7,9,12,18H,5-6,8H2,(H,17,19). The monoisotopic (exact) mass is 310 g/mol. The lowest BCUT2D eigenvalue weighted by atomic mass is 10.1. The maximum absolute atomic E-state index is 11.9. The minimum absolute atomic E-state index is 0.0980. The number of aromatic nitrogens is 1. The molecule has 0 bridgehead atoms. The van der Waals surface area contributed by atoms with Gasteiger partial charge in [0, 0.05) is 22.5 Å². The predicted molar refractivity (Wildman–Crippen MR) is 80.0 cm³/mol. The van der Waals surface area contributed by atoms with E-state index in [0.717, 1.165) is 10.4 Å². The van der Waals surface area contributed by atoms with Crippen LogP contribution < -0.4 is 5.32 Å². The van der Waals surface area contributed by atoms with Crippen molar-refractivity contribution < 1.29 is 9.90 Å². The van der Waals surface area contributed by atoms with Gasteiger partial charge in [0.1, 0.15) is 0 Å². The molecule has 1 atom stereocenters. The zero-order valence-electron chi connectivity index (χ0n) is 10.8. The van der Waals surface area contributed by atoms with Gasteiger partial charge in [-0.15, -0.1) is 11.3 Å². The van der Waals surface area contributed by atoms with Gasteiger partial charge in [0.05, 0.1) is 24.6 Å². The highest BCUT2D eigenvalue weighted by molar-refractivity contribution is 7.09. The van der Waals surface area contributed by atoms with E-state index >= 15 is 0 Å². The van der Waals surface area contributed by atoms with Crippen LogP contribution in [0.2, 0.25) is 5.02 Å². The van der Waals surface area contributed by atoms with E-state index in [1.54, 1.807) is 23.8 Å². The van der Waals surface area contributed by atoms with Gasteiger partial charge in [-0.2, -0.15) is 0 Å². The van der Waals surface area contributed by atoms with Crippen molar-refractivity contribution in [2.24, 2.45) is 0 Å².